The van der Waals surface area contributed by atoms with E-state index in [4.69, 9.17) is 0 Å². The van der Waals surface area contributed by atoms with E-state index in [1.54, 1.807) is 12.3 Å². The third-order valence-electron chi connectivity index (χ3n) is 3.41. The predicted molar refractivity (Wildman–Crippen MR) is 85.1 cm³/mol. The lowest BCUT2D eigenvalue weighted by molar-refractivity contribution is 0.880. The summed E-state index contributed by atoms with van der Waals surface area (Å²) in [5.74, 6) is 0.470. The highest BCUT2D eigenvalue weighted by atomic mass is 16.2. The van der Waals surface area contributed by atoms with E-state index in [0.29, 0.717) is 11.5 Å². The van der Waals surface area contributed by atoms with Crippen LogP contribution in [-0.4, -0.2) is 9.97 Å². The molecule has 0 saturated carbocycles. The van der Waals surface area contributed by atoms with E-state index in [0.717, 1.165) is 5.56 Å². The molecule has 0 fully saturated rings. The van der Waals surface area contributed by atoms with Gasteiger partial charge in [-0.25, -0.2) is 9.97 Å². The Morgan fingerprint density at radius 3 is 2.41 bits per heavy atom. The fourth-order valence-electron chi connectivity index (χ4n) is 2.18. The minimum atomic E-state index is -0.540. The number of rotatable bonds is 5. The summed E-state index contributed by atoms with van der Waals surface area (Å²) in [5.41, 5.74) is 0.510. The first-order valence-corrected chi connectivity index (χ1v) is 6.84. The van der Waals surface area contributed by atoms with Gasteiger partial charge in [0.05, 0.1) is 0 Å². The number of nitrogens with zero attached hydrogens (tertiary/aromatic N) is 2. The standard InChI is InChI=1S/C16H14N4O2/c1-10(11-5-3-2-4-6-11)19-13-14(16(22)15(13)21)20-12-7-8-17-9-18-12/h2-10,19H,1H3,(H,17,18,20)/t10-/m1/s1. The van der Waals surface area contributed by atoms with Gasteiger partial charge in [0.1, 0.15) is 23.5 Å². The molecule has 0 radical (unpaired) electrons. The molecule has 1 heterocycles. The second kappa shape index (κ2) is 5.77. The normalized spacial score (nSPS) is 12.0. The Bertz CT molecular complexity index is 840. The van der Waals surface area contributed by atoms with Crippen LogP contribution in [0.5, 0.6) is 0 Å². The average molecular weight is 294 g/mol. The van der Waals surface area contributed by atoms with Crippen LogP contribution in [0.15, 0.2) is 58.5 Å². The predicted octanol–water partition coefficient (Wildman–Crippen LogP) is 1.99. The fourth-order valence-corrected chi connectivity index (χ4v) is 2.18. The molecular formula is C16H14N4O2. The zero-order valence-corrected chi connectivity index (χ0v) is 11.9. The van der Waals surface area contributed by atoms with E-state index in [2.05, 4.69) is 20.6 Å². The molecule has 0 aliphatic rings. The molecule has 0 aliphatic heterocycles. The van der Waals surface area contributed by atoms with Crippen LogP contribution in [0.2, 0.25) is 0 Å². The third-order valence-corrected chi connectivity index (χ3v) is 3.41. The number of hydrogen-bond donors (Lipinski definition) is 2. The summed E-state index contributed by atoms with van der Waals surface area (Å²) in [6.07, 6.45) is 2.92. The van der Waals surface area contributed by atoms with Crippen LogP contribution in [0.1, 0.15) is 18.5 Å². The second-order valence-electron chi connectivity index (χ2n) is 4.90. The summed E-state index contributed by atoms with van der Waals surface area (Å²) in [5, 5.41) is 5.95. The lowest BCUT2D eigenvalue weighted by Gasteiger charge is -2.19. The molecule has 6 heteroatoms. The lowest BCUT2D eigenvalue weighted by Crippen LogP contribution is -2.37. The van der Waals surface area contributed by atoms with E-state index in [-0.39, 0.29) is 11.7 Å². The molecule has 2 aromatic carbocycles. The summed E-state index contributed by atoms with van der Waals surface area (Å²) in [6, 6.07) is 11.2. The maximum Gasteiger partial charge on any atom is 0.253 e. The first-order valence-electron chi connectivity index (χ1n) is 6.84. The van der Waals surface area contributed by atoms with Crippen LogP contribution < -0.4 is 21.5 Å². The minimum absolute atomic E-state index is 0.0875. The first kappa shape index (κ1) is 13.9. The van der Waals surface area contributed by atoms with E-state index < -0.39 is 10.9 Å². The molecule has 1 aromatic heterocycles. The smallest absolute Gasteiger partial charge is 0.253 e. The van der Waals surface area contributed by atoms with E-state index in [1.165, 1.54) is 6.33 Å². The summed E-state index contributed by atoms with van der Waals surface area (Å²) < 4.78 is 0. The van der Waals surface area contributed by atoms with Crippen LogP contribution in [0, 0.1) is 0 Å². The van der Waals surface area contributed by atoms with Crippen molar-refractivity contribution in [1.29, 1.82) is 0 Å². The Morgan fingerprint density at radius 1 is 1.00 bits per heavy atom. The highest BCUT2D eigenvalue weighted by Crippen LogP contribution is 2.24. The third kappa shape index (κ3) is 2.58. The molecule has 110 valence electrons. The van der Waals surface area contributed by atoms with Gasteiger partial charge in [0.2, 0.25) is 0 Å². The van der Waals surface area contributed by atoms with Gasteiger partial charge in [-0.1, -0.05) is 30.3 Å². The monoisotopic (exact) mass is 294 g/mol. The summed E-state index contributed by atoms with van der Waals surface area (Å²) in [7, 11) is 0. The highest BCUT2D eigenvalue weighted by molar-refractivity contribution is 5.78. The fraction of sp³-hybridized carbons (Fsp3) is 0.125. The highest BCUT2D eigenvalue weighted by Gasteiger charge is 2.22. The van der Waals surface area contributed by atoms with Gasteiger partial charge in [0.25, 0.3) is 10.9 Å². The van der Waals surface area contributed by atoms with Gasteiger partial charge in [0.15, 0.2) is 0 Å². The largest absolute Gasteiger partial charge is 0.373 e. The number of nitrogens with one attached hydrogen (secondary N) is 2. The van der Waals surface area contributed by atoms with Crippen LogP contribution in [0.25, 0.3) is 0 Å². The molecule has 6 nitrogen and oxygen atoms in total. The molecule has 0 aliphatic carbocycles. The molecule has 1 atom stereocenters. The van der Waals surface area contributed by atoms with Crippen molar-refractivity contribution >= 4 is 17.2 Å². The van der Waals surface area contributed by atoms with Gasteiger partial charge in [-0.15, -0.1) is 0 Å². The Morgan fingerprint density at radius 2 is 1.73 bits per heavy atom. The Hall–Kier alpha value is -3.02. The van der Waals surface area contributed by atoms with Crippen molar-refractivity contribution in [3.63, 3.8) is 0 Å². The van der Waals surface area contributed by atoms with Gasteiger partial charge in [-0.05, 0) is 18.6 Å². The second-order valence-corrected chi connectivity index (χ2v) is 4.90. The zero-order valence-electron chi connectivity index (χ0n) is 11.9. The first-order chi connectivity index (χ1) is 10.7. The number of benzene rings is 1. The molecule has 0 saturated heterocycles. The van der Waals surface area contributed by atoms with Crippen molar-refractivity contribution in [3.05, 3.63) is 74.9 Å². The van der Waals surface area contributed by atoms with Gasteiger partial charge in [-0.2, -0.15) is 0 Å². The minimum Gasteiger partial charge on any atom is -0.373 e. The Balaban J connectivity index is 1.82. The lowest BCUT2D eigenvalue weighted by atomic mass is 10.1. The summed E-state index contributed by atoms with van der Waals surface area (Å²) in [4.78, 5) is 31.3. The van der Waals surface area contributed by atoms with Crippen molar-refractivity contribution in [2.45, 2.75) is 13.0 Å². The van der Waals surface area contributed by atoms with Crippen molar-refractivity contribution in [3.8, 4) is 0 Å². The maximum atomic E-state index is 11.8. The molecule has 22 heavy (non-hydrogen) atoms. The Labute approximate surface area is 126 Å². The van der Waals surface area contributed by atoms with Crippen molar-refractivity contribution in [2.75, 3.05) is 10.6 Å². The number of aromatic nitrogens is 2. The summed E-state index contributed by atoms with van der Waals surface area (Å²) >= 11 is 0. The number of anilines is 3. The van der Waals surface area contributed by atoms with Crippen molar-refractivity contribution < 1.29 is 0 Å². The van der Waals surface area contributed by atoms with Crippen LogP contribution in [0.3, 0.4) is 0 Å². The van der Waals surface area contributed by atoms with E-state index >= 15 is 0 Å². The summed E-state index contributed by atoms with van der Waals surface area (Å²) in [6.45, 7) is 1.93. The van der Waals surface area contributed by atoms with Gasteiger partial charge in [-0.3, -0.25) is 9.59 Å². The topological polar surface area (TPSA) is 84.0 Å². The molecule has 3 aromatic rings. The molecular weight excluding hydrogens is 280 g/mol. The molecule has 0 bridgehead atoms. The molecule has 2 N–H and O–H groups in total. The average Bonchev–Trinajstić information content (AvgIpc) is 2.59. The van der Waals surface area contributed by atoms with E-state index in [9.17, 15) is 9.59 Å². The van der Waals surface area contributed by atoms with Gasteiger partial charge in [0, 0.05) is 12.2 Å². The maximum absolute atomic E-state index is 11.8. The SMILES string of the molecule is C[C@@H](Nc1c(Nc2ccncn2)c(=O)c1=O)c1ccccc1. The van der Waals surface area contributed by atoms with Crippen LogP contribution in [0.4, 0.5) is 17.2 Å². The molecule has 0 unspecified atom stereocenters. The van der Waals surface area contributed by atoms with Crippen LogP contribution >= 0.6 is 0 Å². The molecule has 0 amide bonds. The quantitative estimate of drug-likeness (QED) is 0.700. The van der Waals surface area contributed by atoms with Crippen LogP contribution in [-0.2, 0) is 0 Å². The molecule has 3 rings (SSSR count). The zero-order chi connectivity index (χ0) is 15.5. The Kier molecular flexibility index (Phi) is 3.65. The van der Waals surface area contributed by atoms with Gasteiger partial charge < -0.3 is 10.6 Å². The van der Waals surface area contributed by atoms with Gasteiger partial charge >= 0.3 is 0 Å². The number of hydrogen-bond acceptors (Lipinski definition) is 6. The van der Waals surface area contributed by atoms with Crippen molar-refractivity contribution in [2.24, 2.45) is 0 Å². The van der Waals surface area contributed by atoms with E-state index in [1.807, 2.05) is 37.3 Å². The van der Waals surface area contributed by atoms with Crippen molar-refractivity contribution in [1.82, 2.24) is 9.97 Å². The molecule has 0 spiro atoms.